The number of thioether (sulfide) groups is 1. The number of hydrogen-bond donors (Lipinski definition) is 0. The number of esters is 1. The number of carbonyl (C=O) groups excluding carboxylic acids is 3. The van der Waals surface area contributed by atoms with Crippen molar-refractivity contribution < 1.29 is 19.1 Å². The highest BCUT2D eigenvalue weighted by Gasteiger charge is 2.56. The normalized spacial score (nSPS) is 20.5. The Morgan fingerprint density at radius 2 is 1.68 bits per heavy atom. The Labute approximate surface area is 222 Å². The molecule has 1 aromatic heterocycles. The molecule has 0 spiro atoms. The number of rotatable bonds is 6. The summed E-state index contributed by atoms with van der Waals surface area (Å²) in [7, 11) is 3.89. The Morgan fingerprint density at radius 3 is 2.30 bits per heavy atom. The van der Waals surface area contributed by atoms with Crippen LogP contribution in [-0.4, -0.2) is 48.3 Å². The van der Waals surface area contributed by atoms with Gasteiger partial charge in [-0.25, -0.2) is 4.90 Å². The van der Waals surface area contributed by atoms with Crippen LogP contribution in [0.5, 0.6) is 0 Å². The van der Waals surface area contributed by atoms with E-state index in [1.165, 1.54) is 21.2 Å². The Morgan fingerprint density at radius 1 is 1.00 bits per heavy atom. The fraction of sp³-hybridized carbons (Fsp3) is 0.333. The van der Waals surface area contributed by atoms with E-state index in [2.05, 4.69) is 0 Å². The largest absolute Gasteiger partial charge is 0.465 e. The molecular formula is C27H27N3O5S2. The lowest BCUT2D eigenvalue weighted by atomic mass is 9.83. The van der Waals surface area contributed by atoms with Crippen molar-refractivity contribution in [1.29, 1.82) is 0 Å². The number of amides is 2. The van der Waals surface area contributed by atoms with Gasteiger partial charge < -0.3 is 9.64 Å². The van der Waals surface area contributed by atoms with Gasteiger partial charge in [0.1, 0.15) is 11.8 Å². The minimum atomic E-state index is -0.720. The summed E-state index contributed by atoms with van der Waals surface area (Å²) in [6.45, 7) is 3.62. The van der Waals surface area contributed by atoms with Crippen molar-refractivity contribution in [2.75, 3.05) is 30.5 Å². The summed E-state index contributed by atoms with van der Waals surface area (Å²) in [6, 6.07) is 15.1. The summed E-state index contributed by atoms with van der Waals surface area (Å²) < 4.78 is 6.46. The number of carbonyl (C=O) groups is 3. The summed E-state index contributed by atoms with van der Waals surface area (Å²) in [5, 5.41) is -0.167. The molecule has 0 radical (unpaired) electrons. The van der Waals surface area contributed by atoms with Gasteiger partial charge in [0.2, 0.25) is 11.8 Å². The van der Waals surface area contributed by atoms with Gasteiger partial charge in [-0.3, -0.25) is 23.7 Å². The maximum atomic E-state index is 13.9. The van der Waals surface area contributed by atoms with Gasteiger partial charge in [0.15, 0.2) is 0 Å². The third kappa shape index (κ3) is 4.38. The third-order valence-corrected chi connectivity index (χ3v) is 9.31. The number of anilines is 2. The average molecular weight is 538 g/mol. The Balaban J connectivity index is 1.63. The minimum Gasteiger partial charge on any atom is -0.465 e. The van der Waals surface area contributed by atoms with Crippen molar-refractivity contribution in [3.05, 3.63) is 74.2 Å². The van der Waals surface area contributed by atoms with Gasteiger partial charge in [-0.15, -0.1) is 0 Å². The number of benzene rings is 2. The van der Waals surface area contributed by atoms with Crippen molar-refractivity contribution in [3.63, 3.8) is 0 Å². The van der Waals surface area contributed by atoms with E-state index < -0.39 is 23.1 Å². The van der Waals surface area contributed by atoms with Gasteiger partial charge in [-0.2, -0.15) is 0 Å². The zero-order valence-corrected chi connectivity index (χ0v) is 22.6. The topological polar surface area (TPSA) is 88.9 Å². The van der Waals surface area contributed by atoms with E-state index in [-0.39, 0.29) is 29.8 Å². The predicted octanol–water partition coefficient (Wildman–Crippen LogP) is 3.64. The summed E-state index contributed by atoms with van der Waals surface area (Å²) in [4.78, 5) is 56.6. The molecule has 3 heterocycles. The molecule has 1 fully saturated rings. The smallest absolute Gasteiger partial charge is 0.326 e. The van der Waals surface area contributed by atoms with Gasteiger partial charge in [0, 0.05) is 30.6 Å². The number of aromatic nitrogens is 1. The molecule has 2 amide bonds. The van der Waals surface area contributed by atoms with E-state index in [1.807, 2.05) is 62.3 Å². The number of ether oxygens (including phenoxy) is 1. The molecule has 2 aromatic carbocycles. The molecule has 0 saturated carbocycles. The molecule has 2 unspecified atom stereocenters. The maximum Gasteiger partial charge on any atom is 0.326 e. The number of nitrogens with zero attached hydrogens (tertiary/aromatic N) is 3. The zero-order chi connectivity index (χ0) is 26.4. The molecule has 0 aliphatic carbocycles. The zero-order valence-electron chi connectivity index (χ0n) is 21.0. The average Bonchev–Trinajstić information content (AvgIpc) is 3.31. The lowest BCUT2D eigenvalue weighted by Crippen LogP contribution is -2.32. The molecule has 37 heavy (non-hydrogen) atoms. The predicted molar refractivity (Wildman–Crippen MR) is 145 cm³/mol. The molecule has 192 valence electrons. The second kappa shape index (κ2) is 9.83. The molecule has 0 bridgehead atoms. The maximum absolute atomic E-state index is 13.9. The summed E-state index contributed by atoms with van der Waals surface area (Å²) in [5.41, 5.74) is 3.40. The Bertz CT molecular complexity index is 1430. The molecular weight excluding hydrogens is 510 g/mol. The van der Waals surface area contributed by atoms with Gasteiger partial charge in [-0.1, -0.05) is 52.9 Å². The van der Waals surface area contributed by atoms with Crippen LogP contribution in [0.15, 0.2) is 58.4 Å². The van der Waals surface area contributed by atoms with Gasteiger partial charge in [0.25, 0.3) is 0 Å². The van der Waals surface area contributed by atoms with Crippen LogP contribution in [-0.2, 0) is 25.7 Å². The van der Waals surface area contributed by atoms with Crippen LogP contribution in [0.25, 0.3) is 0 Å². The third-order valence-electron chi connectivity index (χ3n) is 6.70. The molecule has 3 atom stereocenters. The van der Waals surface area contributed by atoms with Crippen LogP contribution in [0.2, 0.25) is 0 Å². The first kappa shape index (κ1) is 25.3. The van der Waals surface area contributed by atoms with Crippen molar-refractivity contribution in [2.45, 2.75) is 36.6 Å². The lowest BCUT2D eigenvalue weighted by Gasteiger charge is -2.31. The van der Waals surface area contributed by atoms with Crippen molar-refractivity contribution >= 4 is 52.3 Å². The standard InChI is InChI=1S/C27H27N3O5S2/c1-5-35-19(31)14-29-26-23(37-27(29)34)20(16-8-12-17(13-9-16)28(3)4)21-22(36-26)25(33)30(24(21)32)18-10-6-15(2)7-11-18/h6-13,20-22H,5,14H2,1-4H3/t20-,21?,22?/m1/s1. The van der Waals surface area contributed by atoms with Crippen LogP contribution < -0.4 is 14.7 Å². The first-order valence-corrected chi connectivity index (χ1v) is 13.7. The van der Waals surface area contributed by atoms with Crippen LogP contribution in [0.1, 0.15) is 28.8 Å². The summed E-state index contributed by atoms with van der Waals surface area (Å²) in [5.74, 6) is -2.28. The number of imide groups is 1. The first-order valence-electron chi connectivity index (χ1n) is 12.0. The van der Waals surface area contributed by atoms with E-state index in [9.17, 15) is 19.2 Å². The van der Waals surface area contributed by atoms with Crippen molar-refractivity contribution in [3.8, 4) is 0 Å². The monoisotopic (exact) mass is 537 g/mol. The van der Waals surface area contributed by atoms with Crippen LogP contribution >= 0.6 is 23.1 Å². The van der Waals surface area contributed by atoms with Gasteiger partial charge in [0.05, 0.1) is 23.2 Å². The first-order chi connectivity index (χ1) is 17.7. The SMILES string of the molecule is CCOC(=O)Cn1c2c(sc1=O)[C@H](c1ccc(N(C)C)cc1)C1C(=O)N(c3ccc(C)cc3)C(=O)C1S2. The molecule has 8 nitrogen and oxygen atoms in total. The van der Waals surface area contributed by atoms with Crippen LogP contribution in [0, 0.1) is 12.8 Å². The van der Waals surface area contributed by atoms with Crippen molar-refractivity contribution in [2.24, 2.45) is 5.92 Å². The fourth-order valence-corrected chi connectivity index (χ4v) is 7.65. The number of fused-ring (bicyclic) bond motifs is 2. The fourth-order valence-electron chi connectivity index (χ4n) is 4.88. The summed E-state index contributed by atoms with van der Waals surface area (Å²) >= 11 is 2.23. The highest BCUT2D eigenvalue weighted by molar-refractivity contribution is 8.00. The number of hydrogen-bond acceptors (Lipinski definition) is 8. The van der Waals surface area contributed by atoms with E-state index in [1.54, 1.807) is 19.1 Å². The number of thiazole rings is 1. The highest BCUT2D eigenvalue weighted by atomic mass is 32.2. The highest BCUT2D eigenvalue weighted by Crippen LogP contribution is 2.54. The van der Waals surface area contributed by atoms with Gasteiger partial charge in [-0.05, 0) is 43.7 Å². The summed E-state index contributed by atoms with van der Waals surface area (Å²) in [6.07, 6.45) is 0. The minimum absolute atomic E-state index is 0.205. The quantitative estimate of drug-likeness (QED) is 0.350. The molecule has 1 saturated heterocycles. The molecule has 0 N–H and O–H groups in total. The Hall–Kier alpha value is -3.37. The second-order valence-electron chi connectivity index (χ2n) is 9.30. The molecule has 2 aliphatic heterocycles. The molecule has 2 aliphatic rings. The van der Waals surface area contributed by atoms with E-state index >= 15 is 0 Å². The van der Waals surface area contributed by atoms with E-state index in [0.29, 0.717) is 15.6 Å². The van der Waals surface area contributed by atoms with Crippen molar-refractivity contribution in [1.82, 2.24) is 4.57 Å². The van der Waals surface area contributed by atoms with Gasteiger partial charge >= 0.3 is 10.8 Å². The number of aryl methyl sites for hydroxylation is 1. The second-order valence-corrected chi connectivity index (χ2v) is 11.4. The van der Waals surface area contributed by atoms with Crippen LogP contribution in [0.3, 0.4) is 0 Å². The molecule has 3 aromatic rings. The molecule has 10 heteroatoms. The lowest BCUT2D eigenvalue weighted by molar-refractivity contribution is -0.144. The Kier molecular flexibility index (Phi) is 6.72. The molecule has 5 rings (SSSR count). The van der Waals surface area contributed by atoms with E-state index in [0.717, 1.165) is 28.2 Å². The van der Waals surface area contributed by atoms with E-state index in [4.69, 9.17) is 4.74 Å². The van der Waals surface area contributed by atoms with Crippen LogP contribution in [0.4, 0.5) is 11.4 Å².